The van der Waals surface area contributed by atoms with Gasteiger partial charge in [0.1, 0.15) is 0 Å². The molecule has 0 spiro atoms. The lowest BCUT2D eigenvalue weighted by molar-refractivity contribution is -0.386. The zero-order valence-electron chi connectivity index (χ0n) is 9.26. The molecule has 1 aromatic rings. The van der Waals surface area contributed by atoms with Gasteiger partial charge in [0, 0.05) is 11.1 Å². The van der Waals surface area contributed by atoms with E-state index in [1.165, 1.54) is 0 Å². The number of rotatable bonds is 0. The van der Waals surface area contributed by atoms with Gasteiger partial charge in [-0.2, -0.15) is 35.1 Å². The molecule has 0 saturated heterocycles. The minimum atomic E-state index is -6.18. The Hall–Kier alpha value is -1.34. The van der Waals surface area contributed by atoms with Gasteiger partial charge < -0.3 is 0 Å². The van der Waals surface area contributed by atoms with Crippen molar-refractivity contribution < 1.29 is 35.1 Å². The average Bonchev–Trinajstić information content (AvgIpc) is 2.26. The van der Waals surface area contributed by atoms with Gasteiger partial charge in [-0.15, -0.1) is 0 Å². The van der Waals surface area contributed by atoms with Crippen LogP contribution in [-0.4, -0.2) is 11.8 Å². The van der Waals surface area contributed by atoms with Crippen molar-refractivity contribution >= 4 is 0 Å². The largest absolute Gasteiger partial charge is 0.382 e. The maximum Gasteiger partial charge on any atom is 0.382 e. The molecule has 0 bridgehead atoms. The molecule has 2 rings (SSSR count). The van der Waals surface area contributed by atoms with E-state index in [1.807, 2.05) is 0 Å². The molecule has 0 saturated carbocycles. The smallest absolute Gasteiger partial charge is 0.194 e. The van der Waals surface area contributed by atoms with Gasteiger partial charge in [-0.3, -0.25) is 0 Å². The summed E-state index contributed by atoms with van der Waals surface area (Å²) in [7, 11) is 0. The quantitative estimate of drug-likeness (QED) is 0.619. The lowest BCUT2D eigenvalue weighted by Gasteiger charge is -2.43. The Morgan fingerprint density at radius 3 is 1.74 bits per heavy atom. The lowest BCUT2D eigenvalue weighted by atomic mass is 9.78. The van der Waals surface area contributed by atoms with Crippen molar-refractivity contribution in [3.63, 3.8) is 0 Å². The molecule has 0 N–H and O–H groups in total. The minimum Gasteiger partial charge on any atom is -0.194 e. The molecule has 1 aliphatic rings. The number of hydrogen-bond donors (Lipinski definition) is 0. The van der Waals surface area contributed by atoms with Crippen LogP contribution >= 0.6 is 0 Å². The van der Waals surface area contributed by atoms with Gasteiger partial charge in [0.15, 0.2) is 0 Å². The fourth-order valence-corrected chi connectivity index (χ4v) is 2.07. The van der Waals surface area contributed by atoms with E-state index in [-0.39, 0.29) is 0 Å². The highest BCUT2D eigenvalue weighted by atomic mass is 19.4. The molecule has 1 aliphatic carbocycles. The third-order valence-corrected chi connectivity index (χ3v) is 3.11. The summed E-state index contributed by atoms with van der Waals surface area (Å²) in [5.41, 5.74) is -4.11. The van der Waals surface area contributed by atoms with Crippen LogP contribution in [0.5, 0.6) is 0 Å². The highest BCUT2D eigenvalue weighted by Crippen LogP contribution is 2.64. The first-order valence-electron chi connectivity index (χ1n) is 5.01. The van der Waals surface area contributed by atoms with Crippen LogP contribution in [-0.2, 0) is 11.8 Å². The first-order valence-corrected chi connectivity index (χ1v) is 5.01. The monoisotopic (exact) mass is 290 g/mol. The SMILES string of the molecule is Cc1cccc2c1C(F)(F)C(F)(F)C(F)(F)C2(F)F. The molecule has 0 unspecified atom stereocenters. The van der Waals surface area contributed by atoms with Gasteiger partial charge in [-0.1, -0.05) is 18.2 Å². The molecule has 0 nitrogen and oxygen atoms in total. The second kappa shape index (κ2) is 3.40. The summed E-state index contributed by atoms with van der Waals surface area (Å²) in [5, 5.41) is 0. The van der Waals surface area contributed by atoms with Crippen molar-refractivity contribution in [2.75, 3.05) is 0 Å². The molecule has 19 heavy (non-hydrogen) atoms. The fraction of sp³-hybridized carbons (Fsp3) is 0.455. The van der Waals surface area contributed by atoms with Crippen LogP contribution in [0, 0.1) is 6.92 Å². The van der Waals surface area contributed by atoms with Crippen LogP contribution in [0.2, 0.25) is 0 Å². The van der Waals surface area contributed by atoms with Crippen LogP contribution < -0.4 is 0 Å². The molecule has 1 aromatic carbocycles. The number of fused-ring (bicyclic) bond motifs is 1. The molecule has 106 valence electrons. The third-order valence-electron chi connectivity index (χ3n) is 3.11. The predicted octanol–water partition coefficient (Wildman–Crippen LogP) is 4.46. The van der Waals surface area contributed by atoms with Crippen LogP contribution in [0.1, 0.15) is 16.7 Å². The molecular formula is C11H6F8. The van der Waals surface area contributed by atoms with Gasteiger partial charge in [0.2, 0.25) is 0 Å². The van der Waals surface area contributed by atoms with Crippen LogP contribution in [0.25, 0.3) is 0 Å². The number of aryl methyl sites for hydroxylation is 1. The molecule has 0 fully saturated rings. The molecule has 0 aliphatic heterocycles. The molecular weight excluding hydrogens is 284 g/mol. The van der Waals surface area contributed by atoms with E-state index in [1.54, 1.807) is 0 Å². The first-order chi connectivity index (χ1) is 8.39. The van der Waals surface area contributed by atoms with E-state index >= 15 is 0 Å². The van der Waals surface area contributed by atoms with Crippen LogP contribution in [0.4, 0.5) is 35.1 Å². The van der Waals surface area contributed by atoms with E-state index in [2.05, 4.69) is 0 Å². The normalized spacial score (nSPS) is 25.7. The maximum absolute atomic E-state index is 13.5. The van der Waals surface area contributed by atoms with Gasteiger partial charge in [-0.05, 0) is 12.5 Å². The predicted molar refractivity (Wildman–Crippen MR) is 48.9 cm³/mol. The Morgan fingerprint density at radius 2 is 1.21 bits per heavy atom. The fourth-order valence-electron chi connectivity index (χ4n) is 2.07. The van der Waals surface area contributed by atoms with Crippen molar-refractivity contribution in [3.05, 3.63) is 34.9 Å². The summed E-state index contributed by atoms with van der Waals surface area (Å²) in [5.74, 6) is -23.1. The van der Waals surface area contributed by atoms with Crippen molar-refractivity contribution in [3.8, 4) is 0 Å². The molecule has 8 heteroatoms. The Balaban J connectivity index is 2.93. The molecule has 0 aromatic heterocycles. The van der Waals surface area contributed by atoms with E-state index in [0.717, 1.165) is 19.1 Å². The molecule has 0 radical (unpaired) electrons. The maximum atomic E-state index is 13.5. The van der Waals surface area contributed by atoms with Crippen LogP contribution in [0.15, 0.2) is 18.2 Å². The number of halogens is 8. The summed E-state index contributed by atoms with van der Waals surface area (Å²) in [6.45, 7) is 0.877. The Bertz CT molecular complexity index is 531. The van der Waals surface area contributed by atoms with E-state index in [9.17, 15) is 35.1 Å². The number of alkyl halides is 8. The van der Waals surface area contributed by atoms with Gasteiger partial charge in [-0.25, -0.2) is 0 Å². The first kappa shape index (κ1) is 14.1. The molecule has 0 heterocycles. The number of hydrogen-bond acceptors (Lipinski definition) is 0. The second-order valence-electron chi connectivity index (χ2n) is 4.30. The summed E-state index contributed by atoms with van der Waals surface area (Å²) in [4.78, 5) is 0. The summed E-state index contributed by atoms with van der Waals surface area (Å²) >= 11 is 0. The average molecular weight is 290 g/mol. The summed E-state index contributed by atoms with van der Waals surface area (Å²) in [6, 6.07) is 2.01. The minimum absolute atomic E-state index is 0.305. The molecule has 0 atom stereocenters. The Labute approximate surface area is 102 Å². The highest BCUT2D eigenvalue weighted by Gasteiger charge is 2.85. The van der Waals surface area contributed by atoms with E-state index < -0.39 is 40.4 Å². The number of benzene rings is 1. The lowest BCUT2D eigenvalue weighted by Crippen LogP contribution is -2.64. The standard InChI is InChI=1S/C11H6F8/c1-5-3-2-4-6-7(5)9(14,15)11(18,19)10(16,17)8(6,12)13/h2-4H,1H3. The Morgan fingerprint density at radius 1 is 0.737 bits per heavy atom. The van der Waals surface area contributed by atoms with Crippen LogP contribution in [0.3, 0.4) is 0 Å². The zero-order chi connectivity index (χ0) is 14.9. The zero-order valence-corrected chi connectivity index (χ0v) is 9.26. The highest BCUT2D eigenvalue weighted by molar-refractivity contribution is 5.46. The Kier molecular flexibility index (Phi) is 2.52. The van der Waals surface area contributed by atoms with Crippen molar-refractivity contribution in [2.24, 2.45) is 0 Å². The van der Waals surface area contributed by atoms with E-state index in [0.29, 0.717) is 6.07 Å². The summed E-state index contributed by atoms with van der Waals surface area (Å²) in [6.07, 6.45) is 0. The van der Waals surface area contributed by atoms with Crippen molar-refractivity contribution in [1.82, 2.24) is 0 Å². The van der Waals surface area contributed by atoms with Crippen molar-refractivity contribution in [2.45, 2.75) is 30.6 Å². The van der Waals surface area contributed by atoms with E-state index in [4.69, 9.17) is 0 Å². The van der Waals surface area contributed by atoms with Crippen molar-refractivity contribution in [1.29, 1.82) is 0 Å². The molecule has 0 amide bonds. The summed E-state index contributed by atoms with van der Waals surface area (Å²) < 4.78 is 106. The van der Waals surface area contributed by atoms with Gasteiger partial charge >= 0.3 is 23.7 Å². The topological polar surface area (TPSA) is 0 Å². The van der Waals surface area contributed by atoms with Gasteiger partial charge in [0.25, 0.3) is 0 Å². The van der Waals surface area contributed by atoms with Gasteiger partial charge in [0.05, 0.1) is 0 Å². The third kappa shape index (κ3) is 1.34. The second-order valence-corrected chi connectivity index (χ2v) is 4.30.